The number of thioether (sulfide) groups is 1. The molecule has 174 valence electrons. The number of nitriles is 1. The highest BCUT2D eigenvalue weighted by molar-refractivity contribution is 7.99. The molecule has 0 saturated heterocycles. The van der Waals surface area contributed by atoms with Crippen molar-refractivity contribution in [2.45, 2.75) is 32.5 Å². The van der Waals surface area contributed by atoms with Crippen LogP contribution in [0.5, 0.6) is 0 Å². The Morgan fingerprint density at radius 1 is 1.06 bits per heavy atom. The summed E-state index contributed by atoms with van der Waals surface area (Å²) in [6.45, 7) is 6.26. The number of rotatable bonds is 6. The summed E-state index contributed by atoms with van der Waals surface area (Å²) in [7, 11) is 0. The van der Waals surface area contributed by atoms with Crippen LogP contribution >= 0.6 is 11.8 Å². The molecule has 5 rings (SSSR count). The standard InChI is InChI=1S/C26H23N7OS/c1-16-17(2)32(14-19-9-5-4-6-10-19)24(21(16)13-27)30-23(34)15-35-26-29-22-12-8-7-11-20(22)25-28-18(3)31-33(25)26/h4-12H,14-15H2,1-3H3,(H,30,34). The molecule has 0 aliphatic rings. The summed E-state index contributed by atoms with van der Waals surface area (Å²) in [6.07, 6.45) is 0. The Bertz CT molecular complexity index is 1610. The first-order valence-corrected chi connectivity index (χ1v) is 12.1. The van der Waals surface area contributed by atoms with E-state index in [0.29, 0.717) is 34.6 Å². The molecule has 0 saturated carbocycles. The summed E-state index contributed by atoms with van der Waals surface area (Å²) < 4.78 is 3.67. The van der Waals surface area contributed by atoms with Gasteiger partial charge in [0.25, 0.3) is 0 Å². The lowest BCUT2D eigenvalue weighted by Gasteiger charge is -2.13. The number of aromatic nitrogens is 5. The second-order valence-electron chi connectivity index (χ2n) is 8.26. The molecule has 0 fully saturated rings. The number of para-hydroxylation sites is 1. The van der Waals surface area contributed by atoms with Crippen molar-refractivity contribution in [3.63, 3.8) is 0 Å². The highest BCUT2D eigenvalue weighted by Gasteiger charge is 2.21. The van der Waals surface area contributed by atoms with Crippen molar-refractivity contribution in [2.75, 3.05) is 11.1 Å². The molecule has 1 amide bonds. The molecule has 8 nitrogen and oxygen atoms in total. The second-order valence-corrected chi connectivity index (χ2v) is 9.20. The third-order valence-corrected chi connectivity index (χ3v) is 6.90. The van der Waals surface area contributed by atoms with Crippen LogP contribution < -0.4 is 5.32 Å². The third kappa shape index (κ3) is 4.24. The lowest BCUT2D eigenvalue weighted by atomic mass is 10.2. The summed E-state index contributed by atoms with van der Waals surface area (Å²) in [6, 6.07) is 20.0. The molecule has 0 atom stereocenters. The molecular weight excluding hydrogens is 458 g/mol. The van der Waals surface area contributed by atoms with E-state index in [-0.39, 0.29) is 11.7 Å². The number of nitrogens with one attached hydrogen (secondary N) is 1. The smallest absolute Gasteiger partial charge is 0.235 e. The van der Waals surface area contributed by atoms with Gasteiger partial charge in [-0.25, -0.2) is 9.97 Å². The summed E-state index contributed by atoms with van der Waals surface area (Å²) in [4.78, 5) is 22.3. The van der Waals surface area contributed by atoms with Crippen LogP contribution in [-0.4, -0.2) is 35.8 Å². The minimum absolute atomic E-state index is 0.110. The fourth-order valence-corrected chi connectivity index (χ4v) is 4.86. The zero-order valence-corrected chi connectivity index (χ0v) is 20.4. The van der Waals surface area contributed by atoms with Gasteiger partial charge in [-0.05, 0) is 44.0 Å². The molecule has 2 aromatic carbocycles. The number of nitrogens with zero attached hydrogens (tertiary/aromatic N) is 6. The summed E-state index contributed by atoms with van der Waals surface area (Å²) in [5, 5.41) is 18.7. The number of fused-ring (bicyclic) bond motifs is 3. The van der Waals surface area contributed by atoms with Gasteiger partial charge in [-0.15, -0.1) is 5.10 Å². The Morgan fingerprint density at radius 2 is 1.80 bits per heavy atom. The fourth-order valence-electron chi connectivity index (χ4n) is 4.12. The van der Waals surface area contributed by atoms with Gasteiger partial charge >= 0.3 is 0 Å². The van der Waals surface area contributed by atoms with E-state index in [1.165, 1.54) is 11.8 Å². The van der Waals surface area contributed by atoms with Crippen LogP contribution in [0.15, 0.2) is 59.8 Å². The van der Waals surface area contributed by atoms with Crippen molar-refractivity contribution in [3.8, 4) is 6.07 Å². The predicted molar refractivity (Wildman–Crippen MR) is 137 cm³/mol. The summed E-state index contributed by atoms with van der Waals surface area (Å²) in [5.74, 6) is 1.04. The number of amides is 1. The number of anilines is 1. The van der Waals surface area contributed by atoms with Crippen molar-refractivity contribution in [3.05, 3.63) is 82.8 Å². The number of hydrogen-bond donors (Lipinski definition) is 1. The van der Waals surface area contributed by atoms with Gasteiger partial charge in [0.15, 0.2) is 10.8 Å². The first-order chi connectivity index (χ1) is 17.0. The van der Waals surface area contributed by atoms with Crippen molar-refractivity contribution < 1.29 is 4.79 Å². The third-order valence-electron chi connectivity index (χ3n) is 5.97. The Hall–Kier alpha value is -4.16. The van der Waals surface area contributed by atoms with Gasteiger partial charge in [0.05, 0.1) is 16.8 Å². The number of carbonyl (C=O) groups excluding carboxylic acids is 1. The quantitative estimate of drug-likeness (QED) is 0.280. The topological polar surface area (TPSA) is 101 Å². The first-order valence-electron chi connectivity index (χ1n) is 11.1. The van der Waals surface area contributed by atoms with Gasteiger partial charge in [-0.2, -0.15) is 9.78 Å². The van der Waals surface area contributed by atoms with Crippen LogP contribution in [0.3, 0.4) is 0 Å². The van der Waals surface area contributed by atoms with Gasteiger partial charge in [0.2, 0.25) is 5.91 Å². The molecule has 3 aromatic heterocycles. The maximum Gasteiger partial charge on any atom is 0.235 e. The van der Waals surface area contributed by atoms with Gasteiger partial charge in [-0.1, -0.05) is 54.2 Å². The Balaban J connectivity index is 1.42. The van der Waals surface area contributed by atoms with E-state index in [2.05, 4.69) is 21.5 Å². The van der Waals surface area contributed by atoms with Crippen LogP contribution in [0.25, 0.3) is 16.6 Å². The van der Waals surface area contributed by atoms with Crippen LogP contribution in [0.2, 0.25) is 0 Å². The van der Waals surface area contributed by atoms with Crippen LogP contribution in [0.4, 0.5) is 5.82 Å². The lowest BCUT2D eigenvalue weighted by Crippen LogP contribution is -2.19. The minimum atomic E-state index is -0.224. The van der Waals surface area contributed by atoms with Crippen molar-refractivity contribution in [2.24, 2.45) is 0 Å². The second kappa shape index (κ2) is 9.24. The highest BCUT2D eigenvalue weighted by Crippen LogP contribution is 2.28. The van der Waals surface area contributed by atoms with E-state index in [1.807, 2.05) is 79.9 Å². The molecule has 5 aromatic rings. The van der Waals surface area contributed by atoms with Gasteiger partial charge in [0.1, 0.15) is 17.7 Å². The number of benzene rings is 2. The molecule has 3 heterocycles. The monoisotopic (exact) mass is 481 g/mol. The van der Waals surface area contributed by atoms with E-state index >= 15 is 0 Å². The summed E-state index contributed by atoms with van der Waals surface area (Å²) in [5.41, 5.74) is 4.89. The van der Waals surface area contributed by atoms with E-state index in [1.54, 1.807) is 4.52 Å². The largest absolute Gasteiger partial charge is 0.326 e. The molecule has 0 aliphatic carbocycles. The fraction of sp³-hybridized carbons (Fsp3) is 0.192. The maximum absolute atomic E-state index is 13.1. The maximum atomic E-state index is 13.1. The van der Waals surface area contributed by atoms with E-state index in [4.69, 9.17) is 4.98 Å². The molecule has 0 radical (unpaired) electrons. The SMILES string of the molecule is Cc1nc2c3ccccc3nc(SCC(=O)Nc3c(C#N)c(C)c(C)n3Cc3ccccc3)n2n1. The first kappa shape index (κ1) is 22.6. The Labute approximate surface area is 206 Å². The average molecular weight is 482 g/mol. The molecule has 0 aliphatic heterocycles. The van der Waals surface area contributed by atoms with E-state index < -0.39 is 0 Å². The van der Waals surface area contributed by atoms with Crippen molar-refractivity contribution in [1.29, 1.82) is 5.26 Å². The Kier molecular flexibility index (Phi) is 5.97. The number of aryl methyl sites for hydroxylation is 1. The molecule has 0 spiro atoms. The molecule has 0 bridgehead atoms. The minimum Gasteiger partial charge on any atom is -0.326 e. The predicted octanol–water partition coefficient (Wildman–Crippen LogP) is 4.66. The highest BCUT2D eigenvalue weighted by atomic mass is 32.2. The lowest BCUT2D eigenvalue weighted by molar-refractivity contribution is -0.113. The molecular formula is C26H23N7OS. The normalized spacial score (nSPS) is 11.1. The molecule has 9 heteroatoms. The Morgan fingerprint density at radius 3 is 2.57 bits per heavy atom. The van der Waals surface area contributed by atoms with Crippen LogP contribution in [0, 0.1) is 32.1 Å². The molecule has 0 unspecified atom stereocenters. The van der Waals surface area contributed by atoms with Gasteiger partial charge in [0, 0.05) is 17.6 Å². The van der Waals surface area contributed by atoms with Crippen LogP contribution in [-0.2, 0) is 11.3 Å². The van der Waals surface area contributed by atoms with Crippen molar-refractivity contribution >= 4 is 40.0 Å². The van der Waals surface area contributed by atoms with Gasteiger partial charge in [-0.3, -0.25) is 4.79 Å². The zero-order chi connectivity index (χ0) is 24.5. The van der Waals surface area contributed by atoms with Crippen LogP contribution in [0.1, 0.15) is 28.2 Å². The zero-order valence-electron chi connectivity index (χ0n) is 19.6. The van der Waals surface area contributed by atoms with Gasteiger partial charge < -0.3 is 9.88 Å². The average Bonchev–Trinajstić information content (AvgIpc) is 3.36. The summed E-state index contributed by atoms with van der Waals surface area (Å²) >= 11 is 1.28. The van der Waals surface area contributed by atoms with Crippen molar-refractivity contribution in [1.82, 2.24) is 24.1 Å². The van der Waals surface area contributed by atoms with E-state index in [9.17, 15) is 10.1 Å². The number of carbonyl (C=O) groups is 1. The molecule has 35 heavy (non-hydrogen) atoms. The number of hydrogen-bond acceptors (Lipinski definition) is 6. The molecule has 1 N–H and O–H groups in total. The van der Waals surface area contributed by atoms with E-state index in [0.717, 1.165) is 27.7 Å².